The lowest BCUT2D eigenvalue weighted by atomic mass is 9.98. The van der Waals surface area contributed by atoms with Gasteiger partial charge in [-0.25, -0.2) is 0 Å². The van der Waals surface area contributed by atoms with E-state index in [1.165, 1.54) is 0 Å². The second-order valence-electron chi connectivity index (χ2n) is 5.67. The third-order valence-corrected chi connectivity index (χ3v) is 3.97. The van der Waals surface area contributed by atoms with E-state index in [0.717, 1.165) is 16.9 Å². The maximum Gasteiger partial charge on any atom is 0.123 e. The van der Waals surface area contributed by atoms with E-state index in [2.05, 4.69) is 10.4 Å². The highest BCUT2D eigenvalue weighted by molar-refractivity contribution is 6.30. The van der Waals surface area contributed by atoms with Gasteiger partial charge in [-0.2, -0.15) is 5.10 Å². The van der Waals surface area contributed by atoms with Crippen molar-refractivity contribution in [3.8, 4) is 5.75 Å². The number of benzene rings is 1. The van der Waals surface area contributed by atoms with Gasteiger partial charge in [0.1, 0.15) is 11.4 Å². The van der Waals surface area contributed by atoms with Gasteiger partial charge in [-0.1, -0.05) is 11.6 Å². The van der Waals surface area contributed by atoms with Gasteiger partial charge in [0.25, 0.3) is 0 Å². The fourth-order valence-electron chi connectivity index (χ4n) is 2.31. The topological polar surface area (TPSA) is 59.3 Å². The van der Waals surface area contributed by atoms with E-state index in [0.29, 0.717) is 11.6 Å². The van der Waals surface area contributed by atoms with E-state index < -0.39 is 5.60 Å². The Morgan fingerprint density at radius 2 is 2.23 bits per heavy atom. The molecule has 1 aromatic heterocycles. The molecular formula is C16H22ClN3O2. The predicted molar refractivity (Wildman–Crippen MR) is 87.2 cm³/mol. The normalized spacial score (nSPS) is 15.4. The van der Waals surface area contributed by atoms with Crippen molar-refractivity contribution in [1.82, 2.24) is 15.1 Å². The summed E-state index contributed by atoms with van der Waals surface area (Å²) in [6.45, 7) is 4.15. The highest BCUT2D eigenvalue weighted by Crippen LogP contribution is 2.29. The first kappa shape index (κ1) is 16.8. The van der Waals surface area contributed by atoms with Crippen LogP contribution in [0.15, 0.2) is 30.6 Å². The van der Waals surface area contributed by atoms with Gasteiger partial charge in [-0.3, -0.25) is 4.68 Å². The van der Waals surface area contributed by atoms with Gasteiger partial charge in [0, 0.05) is 42.0 Å². The molecule has 0 radical (unpaired) electrons. The number of methoxy groups -OCH3 is 1. The summed E-state index contributed by atoms with van der Waals surface area (Å²) in [6.07, 6.45) is 3.48. The number of hydrogen-bond acceptors (Lipinski definition) is 4. The van der Waals surface area contributed by atoms with Crippen LogP contribution in [-0.4, -0.2) is 28.5 Å². The summed E-state index contributed by atoms with van der Waals surface area (Å²) in [4.78, 5) is 0. The van der Waals surface area contributed by atoms with Crippen molar-refractivity contribution < 1.29 is 9.84 Å². The maximum atomic E-state index is 10.6. The van der Waals surface area contributed by atoms with Crippen molar-refractivity contribution in [2.24, 2.45) is 7.05 Å². The van der Waals surface area contributed by atoms with E-state index in [1.54, 1.807) is 31.0 Å². The number of rotatable bonds is 6. The summed E-state index contributed by atoms with van der Waals surface area (Å²) in [5, 5.41) is 18.7. The molecule has 0 aliphatic carbocycles. The summed E-state index contributed by atoms with van der Waals surface area (Å²) in [6, 6.07) is 5.49. The number of aryl methyl sites for hydroxylation is 1. The van der Waals surface area contributed by atoms with Crippen LogP contribution in [0.4, 0.5) is 0 Å². The smallest absolute Gasteiger partial charge is 0.123 e. The van der Waals surface area contributed by atoms with Crippen LogP contribution < -0.4 is 10.1 Å². The van der Waals surface area contributed by atoms with Gasteiger partial charge in [0.2, 0.25) is 0 Å². The van der Waals surface area contributed by atoms with E-state index in [4.69, 9.17) is 16.3 Å². The lowest BCUT2D eigenvalue weighted by molar-refractivity contribution is 0.0542. The summed E-state index contributed by atoms with van der Waals surface area (Å²) < 4.78 is 7.04. The molecule has 0 bridgehead atoms. The summed E-state index contributed by atoms with van der Waals surface area (Å²) in [7, 11) is 3.46. The Kier molecular flexibility index (Phi) is 5.11. The summed E-state index contributed by atoms with van der Waals surface area (Å²) >= 11 is 6.06. The van der Waals surface area contributed by atoms with E-state index in [1.807, 2.05) is 32.3 Å². The van der Waals surface area contributed by atoms with Crippen LogP contribution in [0.2, 0.25) is 5.02 Å². The Balaban J connectivity index is 2.09. The number of nitrogens with zero attached hydrogens (tertiary/aromatic N) is 2. The average molecular weight is 324 g/mol. The zero-order chi connectivity index (χ0) is 16.3. The minimum absolute atomic E-state index is 0.0169. The third kappa shape index (κ3) is 3.80. The fourth-order valence-corrected chi connectivity index (χ4v) is 2.49. The Hall–Kier alpha value is -1.56. The number of nitrogens with one attached hydrogen (secondary N) is 1. The van der Waals surface area contributed by atoms with Crippen molar-refractivity contribution in [3.63, 3.8) is 0 Å². The van der Waals surface area contributed by atoms with Crippen molar-refractivity contribution in [2.45, 2.75) is 25.5 Å². The molecule has 22 heavy (non-hydrogen) atoms. The molecule has 5 nitrogen and oxygen atoms in total. The molecule has 2 aromatic rings. The van der Waals surface area contributed by atoms with Crippen LogP contribution in [-0.2, 0) is 12.6 Å². The van der Waals surface area contributed by atoms with Gasteiger partial charge in [-0.15, -0.1) is 0 Å². The first-order valence-electron chi connectivity index (χ1n) is 7.12. The molecular weight excluding hydrogens is 302 g/mol. The SMILES string of the molecule is COc1ccc(Cl)cc1C(C)NCC(C)(O)c1cnn(C)c1. The molecule has 0 fully saturated rings. The van der Waals surface area contributed by atoms with Crippen LogP contribution in [0.1, 0.15) is 31.0 Å². The highest BCUT2D eigenvalue weighted by Gasteiger charge is 2.25. The highest BCUT2D eigenvalue weighted by atomic mass is 35.5. The van der Waals surface area contributed by atoms with E-state index in [-0.39, 0.29) is 6.04 Å². The average Bonchev–Trinajstić information content (AvgIpc) is 2.92. The molecule has 0 aliphatic heterocycles. The number of ether oxygens (including phenoxy) is 1. The van der Waals surface area contributed by atoms with E-state index in [9.17, 15) is 5.11 Å². The number of hydrogen-bond donors (Lipinski definition) is 2. The van der Waals surface area contributed by atoms with Crippen LogP contribution in [0, 0.1) is 0 Å². The van der Waals surface area contributed by atoms with Gasteiger partial charge in [0.05, 0.1) is 13.3 Å². The molecule has 0 spiro atoms. The molecule has 120 valence electrons. The minimum Gasteiger partial charge on any atom is -0.496 e. The fraction of sp³-hybridized carbons (Fsp3) is 0.438. The molecule has 0 saturated carbocycles. The second kappa shape index (κ2) is 6.69. The molecule has 2 atom stereocenters. The minimum atomic E-state index is -1.01. The van der Waals surface area contributed by atoms with E-state index >= 15 is 0 Å². The van der Waals surface area contributed by atoms with Gasteiger partial charge in [-0.05, 0) is 32.0 Å². The lowest BCUT2D eigenvalue weighted by Gasteiger charge is -2.26. The molecule has 1 heterocycles. The Labute approximate surface area is 135 Å². The number of aromatic nitrogens is 2. The molecule has 0 aliphatic rings. The standard InChI is InChI=1S/C16H22ClN3O2/c1-11(14-7-13(17)5-6-15(14)22-4)18-10-16(2,21)12-8-19-20(3)9-12/h5-9,11,18,21H,10H2,1-4H3. The second-order valence-corrected chi connectivity index (χ2v) is 6.10. The zero-order valence-electron chi connectivity index (χ0n) is 13.3. The van der Waals surface area contributed by atoms with Crippen LogP contribution in [0.25, 0.3) is 0 Å². The molecule has 0 amide bonds. The van der Waals surface area contributed by atoms with Crippen molar-refractivity contribution in [2.75, 3.05) is 13.7 Å². The molecule has 2 rings (SSSR count). The van der Waals surface area contributed by atoms with Crippen molar-refractivity contribution in [3.05, 3.63) is 46.7 Å². The Bertz CT molecular complexity index is 640. The first-order valence-corrected chi connectivity index (χ1v) is 7.49. The van der Waals surface area contributed by atoms with Crippen molar-refractivity contribution >= 4 is 11.6 Å². The van der Waals surface area contributed by atoms with Gasteiger partial charge in [0.15, 0.2) is 0 Å². The zero-order valence-corrected chi connectivity index (χ0v) is 14.1. The Morgan fingerprint density at radius 3 is 2.82 bits per heavy atom. The molecule has 2 unspecified atom stereocenters. The molecule has 6 heteroatoms. The third-order valence-electron chi connectivity index (χ3n) is 3.74. The maximum absolute atomic E-state index is 10.6. The lowest BCUT2D eigenvalue weighted by Crippen LogP contribution is -2.36. The largest absolute Gasteiger partial charge is 0.496 e. The quantitative estimate of drug-likeness (QED) is 0.858. The predicted octanol–water partition coefficient (Wildman–Crippen LogP) is 2.64. The summed E-state index contributed by atoms with van der Waals surface area (Å²) in [5.41, 5.74) is 0.721. The van der Waals surface area contributed by atoms with Crippen LogP contribution in [0.5, 0.6) is 5.75 Å². The van der Waals surface area contributed by atoms with Gasteiger partial charge >= 0.3 is 0 Å². The summed E-state index contributed by atoms with van der Waals surface area (Å²) in [5.74, 6) is 0.769. The first-order chi connectivity index (χ1) is 10.3. The van der Waals surface area contributed by atoms with Gasteiger partial charge < -0.3 is 15.2 Å². The Morgan fingerprint density at radius 1 is 1.50 bits per heavy atom. The van der Waals surface area contributed by atoms with Crippen LogP contribution in [0.3, 0.4) is 0 Å². The molecule has 1 aromatic carbocycles. The molecule has 2 N–H and O–H groups in total. The molecule has 0 saturated heterocycles. The van der Waals surface area contributed by atoms with Crippen molar-refractivity contribution in [1.29, 1.82) is 0 Å². The number of halogens is 1. The monoisotopic (exact) mass is 323 g/mol. The number of aliphatic hydroxyl groups is 1. The van der Waals surface area contributed by atoms with Crippen LogP contribution >= 0.6 is 11.6 Å².